The first-order chi connectivity index (χ1) is 13.6. The molecule has 2 bridgehead atoms. The molecule has 28 heavy (non-hydrogen) atoms. The monoisotopic (exact) mass is 381 g/mol. The highest BCUT2D eigenvalue weighted by Crippen LogP contribution is 2.36. The van der Waals surface area contributed by atoms with Gasteiger partial charge in [-0.2, -0.15) is 0 Å². The lowest BCUT2D eigenvalue weighted by molar-refractivity contribution is -0.138. The number of carbonyl (C=O) groups is 2. The van der Waals surface area contributed by atoms with E-state index in [0.29, 0.717) is 38.6 Å². The molecule has 0 aliphatic carbocycles. The van der Waals surface area contributed by atoms with Crippen LogP contribution in [0.5, 0.6) is 0 Å². The van der Waals surface area contributed by atoms with Crippen molar-refractivity contribution < 1.29 is 14.0 Å². The van der Waals surface area contributed by atoms with Gasteiger partial charge in [0.15, 0.2) is 0 Å². The van der Waals surface area contributed by atoms with Gasteiger partial charge in [-0.05, 0) is 30.5 Å². The van der Waals surface area contributed by atoms with Gasteiger partial charge in [-0.15, -0.1) is 0 Å². The quantitative estimate of drug-likeness (QED) is 0.806. The highest BCUT2D eigenvalue weighted by atomic mass is 16.3. The maximum absolute atomic E-state index is 13.2. The van der Waals surface area contributed by atoms with Crippen LogP contribution in [0.15, 0.2) is 45.8 Å². The lowest BCUT2D eigenvalue weighted by Crippen LogP contribution is -2.50. The predicted octanol–water partition coefficient (Wildman–Crippen LogP) is 1.44. The Morgan fingerprint density at radius 3 is 2.79 bits per heavy atom. The molecule has 0 radical (unpaired) electrons. The van der Waals surface area contributed by atoms with Gasteiger partial charge in [0.2, 0.25) is 11.8 Å². The normalized spacial score (nSPS) is 26.4. The summed E-state index contributed by atoms with van der Waals surface area (Å²) in [5, 5.41) is 0. The van der Waals surface area contributed by atoms with E-state index in [9.17, 15) is 14.4 Å². The predicted molar refractivity (Wildman–Crippen MR) is 100 cm³/mol. The van der Waals surface area contributed by atoms with E-state index in [1.807, 2.05) is 21.6 Å². The summed E-state index contributed by atoms with van der Waals surface area (Å²) in [4.78, 5) is 41.3. The van der Waals surface area contributed by atoms with E-state index in [0.717, 1.165) is 17.9 Å². The molecule has 2 aromatic heterocycles. The molecular weight excluding hydrogens is 358 g/mol. The summed E-state index contributed by atoms with van der Waals surface area (Å²) < 4.78 is 7.20. The number of furan rings is 1. The Morgan fingerprint density at radius 2 is 1.96 bits per heavy atom. The third-order valence-electron chi connectivity index (χ3n) is 6.28. The van der Waals surface area contributed by atoms with E-state index >= 15 is 0 Å². The summed E-state index contributed by atoms with van der Waals surface area (Å²) in [6.07, 6.45) is 2.87. The molecule has 7 heteroatoms. The number of aromatic nitrogens is 1. The molecule has 0 spiro atoms. The first-order valence-electron chi connectivity index (χ1n) is 9.87. The Bertz CT molecular complexity index is 964. The number of piperidine rings is 1. The number of amides is 2. The number of likely N-dealkylation sites (tertiary alicyclic amines) is 2. The second-order valence-corrected chi connectivity index (χ2v) is 8.20. The fourth-order valence-corrected chi connectivity index (χ4v) is 5.02. The Morgan fingerprint density at radius 1 is 1.07 bits per heavy atom. The minimum absolute atomic E-state index is 0.00357. The second kappa shape index (κ2) is 6.65. The van der Waals surface area contributed by atoms with E-state index in [2.05, 4.69) is 0 Å². The molecule has 0 saturated carbocycles. The average molecular weight is 381 g/mol. The van der Waals surface area contributed by atoms with Crippen LogP contribution >= 0.6 is 0 Å². The van der Waals surface area contributed by atoms with Crippen molar-refractivity contribution in [3.63, 3.8) is 0 Å². The Hall–Kier alpha value is -2.83. The molecule has 3 atom stereocenters. The average Bonchev–Trinajstić information content (AvgIpc) is 3.32. The Balaban J connectivity index is 1.29. The van der Waals surface area contributed by atoms with Crippen LogP contribution in [-0.2, 0) is 22.7 Å². The smallest absolute Gasteiger partial charge is 0.250 e. The molecule has 3 aliphatic heterocycles. The SMILES string of the molecule is O=C1C[C@H](C(=O)N2C[C@H]3C[C@H](C2)c2cccc(=O)n2C3)CN1Cc1ccco1. The molecule has 2 fully saturated rings. The van der Waals surface area contributed by atoms with Gasteiger partial charge in [0.05, 0.1) is 18.7 Å². The molecule has 3 aliphatic rings. The van der Waals surface area contributed by atoms with Crippen molar-refractivity contribution in [3.05, 3.63) is 58.4 Å². The van der Waals surface area contributed by atoms with Crippen LogP contribution in [0.4, 0.5) is 0 Å². The highest BCUT2D eigenvalue weighted by Gasteiger charge is 2.41. The van der Waals surface area contributed by atoms with Crippen molar-refractivity contribution in [2.24, 2.45) is 11.8 Å². The number of carbonyl (C=O) groups excluding carboxylic acids is 2. The number of fused-ring (bicyclic) bond motifs is 4. The molecule has 5 heterocycles. The van der Waals surface area contributed by atoms with Gasteiger partial charge in [-0.25, -0.2) is 0 Å². The number of pyridine rings is 1. The number of nitrogens with zero attached hydrogens (tertiary/aromatic N) is 3. The van der Waals surface area contributed by atoms with Crippen LogP contribution in [0.1, 0.15) is 30.2 Å². The molecule has 2 saturated heterocycles. The first kappa shape index (κ1) is 17.3. The van der Waals surface area contributed by atoms with Gasteiger partial charge in [0, 0.05) is 50.3 Å². The van der Waals surface area contributed by atoms with Gasteiger partial charge in [0.1, 0.15) is 5.76 Å². The van der Waals surface area contributed by atoms with Crippen LogP contribution in [0.3, 0.4) is 0 Å². The van der Waals surface area contributed by atoms with E-state index in [-0.39, 0.29) is 35.6 Å². The molecule has 5 rings (SSSR count). The lowest BCUT2D eigenvalue weighted by Gasteiger charge is -2.43. The van der Waals surface area contributed by atoms with Gasteiger partial charge in [-0.3, -0.25) is 14.4 Å². The van der Waals surface area contributed by atoms with Crippen LogP contribution in [-0.4, -0.2) is 45.8 Å². The molecule has 2 amide bonds. The lowest BCUT2D eigenvalue weighted by atomic mass is 9.82. The maximum Gasteiger partial charge on any atom is 0.250 e. The summed E-state index contributed by atoms with van der Waals surface area (Å²) in [5.74, 6) is 1.00. The molecule has 0 unspecified atom stereocenters. The van der Waals surface area contributed by atoms with Gasteiger partial charge in [0.25, 0.3) is 5.56 Å². The first-order valence-corrected chi connectivity index (χ1v) is 9.87. The fourth-order valence-electron chi connectivity index (χ4n) is 5.02. The molecular formula is C21H23N3O4. The van der Waals surface area contributed by atoms with E-state index in [1.165, 1.54) is 0 Å². The van der Waals surface area contributed by atoms with Crippen molar-refractivity contribution in [3.8, 4) is 0 Å². The summed E-state index contributed by atoms with van der Waals surface area (Å²) in [6, 6.07) is 9.05. The molecule has 2 aromatic rings. The zero-order valence-corrected chi connectivity index (χ0v) is 15.6. The molecule has 146 valence electrons. The Labute approximate surface area is 162 Å². The largest absolute Gasteiger partial charge is 0.467 e. The molecule has 0 N–H and O–H groups in total. The molecule has 7 nitrogen and oxygen atoms in total. The second-order valence-electron chi connectivity index (χ2n) is 8.20. The van der Waals surface area contributed by atoms with Crippen molar-refractivity contribution in [2.45, 2.75) is 31.8 Å². The zero-order valence-electron chi connectivity index (χ0n) is 15.6. The minimum Gasteiger partial charge on any atom is -0.467 e. The number of rotatable bonds is 3. The van der Waals surface area contributed by atoms with E-state index < -0.39 is 0 Å². The number of hydrogen-bond donors (Lipinski definition) is 0. The molecule has 0 aromatic carbocycles. The number of hydrogen-bond acceptors (Lipinski definition) is 4. The summed E-state index contributed by atoms with van der Waals surface area (Å²) in [6.45, 7) is 2.82. The Kier molecular flexibility index (Phi) is 4.10. The summed E-state index contributed by atoms with van der Waals surface area (Å²) in [5.41, 5.74) is 1.07. The van der Waals surface area contributed by atoms with Crippen LogP contribution in [0.25, 0.3) is 0 Å². The minimum atomic E-state index is -0.292. The standard InChI is InChI=1S/C21H23N3O4/c25-19-5-1-4-18-15-7-14(10-24(18)19)9-23(11-15)21(27)16-8-20(26)22(12-16)13-17-3-2-6-28-17/h1-6,14-16H,7-13H2/t14-,15-,16+/m1/s1. The fraction of sp³-hybridized carbons (Fsp3) is 0.476. The van der Waals surface area contributed by atoms with Crippen LogP contribution in [0, 0.1) is 11.8 Å². The van der Waals surface area contributed by atoms with Crippen molar-refractivity contribution in [1.29, 1.82) is 0 Å². The van der Waals surface area contributed by atoms with Crippen molar-refractivity contribution in [1.82, 2.24) is 14.4 Å². The topological polar surface area (TPSA) is 75.8 Å². The van der Waals surface area contributed by atoms with E-state index in [1.54, 1.807) is 29.4 Å². The van der Waals surface area contributed by atoms with Crippen molar-refractivity contribution in [2.75, 3.05) is 19.6 Å². The van der Waals surface area contributed by atoms with Gasteiger partial charge < -0.3 is 18.8 Å². The third-order valence-corrected chi connectivity index (χ3v) is 6.28. The summed E-state index contributed by atoms with van der Waals surface area (Å²) in [7, 11) is 0. The van der Waals surface area contributed by atoms with Crippen LogP contribution < -0.4 is 5.56 Å². The zero-order chi connectivity index (χ0) is 19.3. The summed E-state index contributed by atoms with van der Waals surface area (Å²) >= 11 is 0. The van der Waals surface area contributed by atoms with Gasteiger partial charge in [-0.1, -0.05) is 6.07 Å². The van der Waals surface area contributed by atoms with Gasteiger partial charge >= 0.3 is 0 Å². The van der Waals surface area contributed by atoms with Crippen LogP contribution in [0.2, 0.25) is 0 Å². The van der Waals surface area contributed by atoms with Crippen molar-refractivity contribution >= 4 is 11.8 Å². The van der Waals surface area contributed by atoms with E-state index in [4.69, 9.17) is 4.42 Å². The maximum atomic E-state index is 13.2. The highest BCUT2D eigenvalue weighted by molar-refractivity contribution is 5.89. The third kappa shape index (κ3) is 2.95.